The second-order valence-electron chi connectivity index (χ2n) is 5.65. The maximum atomic E-state index is 12.7. The van der Waals surface area contributed by atoms with Gasteiger partial charge in [-0.05, 0) is 6.07 Å². The van der Waals surface area contributed by atoms with Gasteiger partial charge in [-0.25, -0.2) is 4.68 Å². The molecule has 1 N–H and O–H groups in total. The Bertz CT molecular complexity index is 851. The van der Waals surface area contributed by atoms with Crippen molar-refractivity contribution in [2.24, 2.45) is 0 Å². The number of carbonyl (C=O) groups excluding carboxylic acids is 1. The number of carboxylic acid groups (broad SMARTS) is 1. The van der Waals surface area contributed by atoms with E-state index in [1.54, 1.807) is 6.07 Å². The van der Waals surface area contributed by atoms with Crippen molar-refractivity contribution in [2.75, 3.05) is 19.8 Å². The molecule has 3 rings (SSSR count). The van der Waals surface area contributed by atoms with E-state index in [0.717, 1.165) is 0 Å². The molecule has 0 radical (unpaired) electrons. The molecule has 11 nitrogen and oxygen atoms in total. The molecular formula is C15H15N5O6. The summed E-state index contributed by atoms with van der Waals surface area (Å²) >= 11 is 0. The molecule has 1 atom stereocenters. The van der Waals surface area contributed by atoms with Gasteiger partial charge in [0.1, 0.15) is 0 Å². The molecule has 0 bridgehead atoms. The van der Waals surface area contributed by atoms with Crippen LogP contribution in [0.4, 0.5) is 5.69 Å². The topological polar surface area (TPSA) is 141 Å². The number of ether oxygens (including phenoxy) is 1. The van der Waals surface area contributed by atoms with Crippen LogP contribution < -0.4 is 0 Å². The van der Waals surface area contributed by atoms with Gasteiger partial charge in [0, 0.05) is 18.7 Å². The van der Waals surface area contributed by atoms with Crippen LogP contribution in [0, 0.1) is 10.1 Å². The first-order valence-electron chi connectivity index (χ1n) is 7.73. The van der Waals surface area contributed by atoms with Gasteiger partial charge in [-0.3, -0.25) is 19.7 Å². The molecule has 1 aromatic heterocycles. The van der Waals surface area contributed by atoms with Crippen LogP contribution in [-0.2, 0) is 9.53 Å². The Labute approximate surface area is 146 Å². The molecule has 2 heterocycles. The van der Waals surface area contributed by atoms with Crippen LogP contribution in [0.15, 0.2) is 30.5 Å². The minimum atomic E-state index is -1.03. The summed E-state index contributed by atoms with van der Waals surface area (Å²) in [5.74, 6) is -1.49. The first-order chi connectivity index (χ1) is 12.5. The Balaban J connectivity index is 1.82. The van der Waals surface area contributed by atoms with Gasteiger partial charge in [0.05, 0.1) is 42.5 Å². The summed E-state index contributed by atoms with van der Waals surface area (Å²) in [6, 6.07) is 5.16. The number of hydrogen-bond acceptors (Lipinski definition) is 7. The highest BCUT2D eigenvalue weighted by molar-refractivity contribution is 5.92. The van der Waals surface area contributed by atoms with Gasteiger partial charge in [0.25, 0.3) is 11.6 Å². The second-order valence-corrected chi connectivity index (χ2v) is 5.65. The lowest BCUT2D eigenvalue weighted by atomic mass is 10.1. The number of non-ortho nitro benzene ring substituents is 1. The standard InChI is InChI=1S/C15H15N5O6/c21-14(22)7-12-9-26-5-4-18(12)15(23)13-8-19(17-16-13)10-2-1-3-11(6-10)20(24)25/h1-3,6,8,12H,4-5,7,9H2,(H,21,22). The van der Waals surface area contributed by atoms with E-state index >= 15 is 0 Å². The summed E-state index contributed by atoms with van der Waals surface area (Å²) in [5, 5.41) is 27.5. The molecule has 1 unspecified atom stereocenters. The van der Waals surface area contributed by atoms with E-state index in [1.165, 1.54) is 34.0 Å². The number of benzene rings is 1. The van der Waals surface area contributed by atoms with Gasteiger partial charge in [-0.2, -0.15) is 0 Å². The number of nitrogens with zero attached hydrogens (tertiary/aromatic N) is 5. The van der Waals surface area contributed by atoms with E-state index < -0.39 is 22.8 Å². The number of morpholine rings is 1. The van der Waals surface area contributed by atoms with Crippen LogP contribution in [0.1, 0.15) is 16.9 Å². The molecule has 2 aromatic rings. The van der Waals surface area contributed by atoms with Crippen molar-refractivity contribution < 1.29 is 24.4 Å². The molecule has 11 heteroatoms. The first kappa shape index (κ1) is 17.5. The van der Waals surface area contributed by atoms with Crippen LogP contribution >= 0.6 is 0 Å². The number of carboxylic acids is 1. The van der Waals surface area contributed by atoms with Crippen molar-refractivity contribution in [3.05, 3.63) is 46.3 Å². The molecule has 0 saturated carbocycles. The Kier molecular flexibility index (Phi) is 4.89. The average molecular weight is 361 g/mol. The lowest BCUT2D eigenvalue weighted by molar-refractivity contribution is -0.384. The molecule has 0 spiro atoms. The van der Waals surface area contributed by atoms with Crippen LogP contribution in [0.2, 0.25) is 0 Å². The van der Waals surface area contributed by atoms with Crippen molar-refractivity contribution in [3.8, 4) is 5.69 Å². The van der Waals surface area contributed by atoms with Crippen molar-refractivity contribution in [3.63, 3.8) is 0 Å². The molecule has 1 fully saturated rings. The summed E-state index contributed by atoms with van der Waals surface area (Å²) in [5.41, 5.74) is 0.296. The Hall–Kier alpha value is -3.34. The fourth-order valence-corrected chi connectivity index (χ4v) is 2.68. The van der Waals surface area contributed by atoms with Gasteiger partial charge in [-0.15, -0.1) is 5.10 Å². The Morgan fingerprint density at radius 2 is 2.23 bits per heavy atom. The maximum Gasteiger partial charge on any atom is 0.305 e. The lowest BCUT2D eigenvalue weighted by Crippen LogP contribution is -2.49. The first-order valence-corrected chi connectivity index (χ1v) is 7.73. The lowest BCUT2D eigenvalue weighted by Gasteiger charge is -2.34. The van der Waals surface area contributed by atoms with E-state index in [0.29, 0.717) is 12.3 Å². The predicted octanol–water partition coefficient (Wildman–Crippen LogP) is 0.491. The number of aliphatic carboxylic acids is 1. The number of amides is 1. The van der Waals surface area contributed by atoms with Gasteiger partial charge >= 0.3 is 5.97 Å². The fourth-order valence-electron chi connectivity index (χ4n) is 2.68. The predicted molar refractivity (Wildman–Crippen MR) is 85.9 cm³/mol. The molecule has 1 aliphatic rings. The van der Waals surface area contributed by atoms with Crippen molar-refractivity contribution in [2.45, 2.75) is 12.5 Å². The average Bonchev–Trinajstić information content (AvgIpc) is 3.11. The van der Waals surface area contributed by atoms with Crippen LogP contribution in [-0.4, -0.2) is 67.6 Å². The molecular weight excluding hydrogens is 346 g/mol. The molecule has 0 aliphatic carbocycles. The Morgan fingerprint density at radius 1 is 1.42 bits per heavy atom. The maximum absolute atomic E-state index is 12.7. The third-order valence-electron chi connectivity index (χ3n) is 3.92. The summed E-state index contributed by atoms with van der Waals surface area (Å²) in [6.45, 7) is 0.693. The molecule has 1 saturated heterocycles. The van der Waals surface area contributed by atoms with Crippen molar-refractivity contribution >= 4 is 17.6 Å². The van der Waals surface area contributed by atoms with Gasteiger partial charge in [-0.1, -0.05) is 11.3 Å². The zero-order valence-electron chi connectivity index (χ0n) is 13.5. The zero-order valence-corrected chi connectivity index (χ0v) is 13.5. The minimum absolute atomic E-state index is 0.0220. The molecule has 136 valence electrons. The minimum Gasteiger partial charge on any atom is -0.481 e. The second kappa shape index (κ2) is 7.27. The monoisotopic (exact) mass is 361 g/mol. The van der Waals surface area contributed by atoms with Crippen molar-refractivity contribution in [1.82, 2.24) is 19.9 Å². The van der Waals surface area contributed by atoms with Crippen molar-refractivity contribution in [1.29, 1.82) is 0 Å². The summed E-state index contributed by atoms with van der Waals surface area (Å²) in [6.07, 6.45) is 1.12. The van der Waals surface area contributed by atoms with Gasteiger partial charge < -0.3 is 14.7 Å². The number of nitro groups is 1. The van der Waals surface area contributed by atoms with Gasteiger partial charge in [0.2, 0.25) is 0 Å². The fraction of sp³-hybridized carbons (Fsp3) is 0.333. The molecule has 26 heavy (non-hydrogen) atoms. The van der Waals surface area contributed by atoms with Crippen LogP contribution in [0.25, 0.3) is 5.69 Å². The van der Waals surface area contributed by atoms with Gasteiger partial charge in [0.15, 0.2) is 5.69 Å². The van der Waals surface area contributed by atoms with E-state index in [9.17, 15) is 19.7 Å². The number of hydrogen-bond donors (Lipinski definition) is 1. The van der Waals surface area contributed by atoms with E-state index in [1.807, 2.05) is 0 Å². The summed E-state index contributed by atoms with van der Waals surface area (Å²) in [7, 11) is 0. The third kappa shape index (κ3) is 3.67. The number of nitro benzene ring substituents is 1. The van der Waals surface area contributed by atoms with Crippen LogP contribution in [0.5, 0.6) is 0 Å². The smallest absolute Gasteiger partial charge is 0.305 e. The summed E-state index contributed by atoms with van der Waals surface area (Å²) < 4.78 is 6.50. The normalized spacial score (nSPS) is 17.1. The van der Waals surface area contributed by atoms with Crippen LogP contribution in [0.3, 0.4) is 0 Å². The van der Waals surface area contributed by atoms with E-state index in [-0.39, 0.29) is 31.0 Å². The highest BCUT2D eigenvalue weighted by Gasteiger charge is 2.31. The zero-order chi connectivity index (χ0) is 18.7. The Morgan fingerprint density at radius 3 is 2.96 bits per heavy atom. The number of rotatable bonds is 5. The highest BCUT2D eigenvalue weighted by atomic mass is 16.6. The molecule has 1 aliphatic heterocycles. The largest absolute Gasteiger partial charge is 0.481 e. The summed E-state index contributed by atoms with van der Waals surface area (Å²) in [4.78, 5) is 35.4. The molecule has 1 aromatic carbocycles. The quantitative estimate of drug-likeness (QED) is 0.599. The molecule has 1 amide bonds. The van der Waals surface area contributed by atoms with E-state index in [2.05, 4.69) is 10.3 Å². The highest BCUT2D eigenvalue weighted by Crippen LogP contribution is 2.18. The van der Waals surface area contributed by atoms with E-state index in [4.69, 9.17) is 9.84 Å². The third-order valence-corrected chi connectivity index (χ3v) is 3.92. The number of aromatic nitrogens is 3. The number of carbonyl (C=O) groups is 2. The SMILES string of the molecule is O=C(O)CC1COCCN1C(=O)c1cn(-c2cccc([N+](=O)[O-])c2)nn1.